The minimum absolute atomic E-state index is 0.0992. The van der Waals surface area contributed by atoms with Crippen LogP contribution in [0.3, 0.4) is 0 Å². The van der Waals surface area contributed by atoms with Gasteiger partial charge in [0.25, 0.3) is 0 Å². The van der Waals surface area contributed by atoms with Gasteiger partial charge in [0, 0.05) is 10.3 Å². The molecule has 1 aliphatic heterocycles. The van der Waals surface area contributed by atoms with Crippen LogP contribution in [0.15, 0.2) is 12.6 Å². The Kier molecular flexibility index (Phi) is 3.51. The smallest absolute Gasteiger partial charge is 0.417 e. The molecule has 0 N–H and O–H groups in total. The van der Waals surface area contributed by atoms with Gasteiger partial charge in [-0.05, 0) is 19.4 Å². The summed E-state index contributed by atoms with van der Waals surface area (Å²) < 4.78 is 42.7. The predicted octanol–water partition coefficient (Wildman–Crippen LogP) is 4.24. The van der Waals surface area contributed by atoms with E-state index >= 15 is 0 Å². The molecule has 1 aromatic heterocycles. The third-order valence-corrected chi connectivity index (χ3v) is 3.72. The first-order chi connectivity index (χ1) is 8.63. The highest BCUT2D eigenvalue weighted by atomic mass is 35.5. The van der Waals surface area contributed by atoms with Crippen LogP contribution in [0.4, 0.5) is 13.2 Å². The molecule has 0 bridgehead atoms. The van der Waals surface area contributed by atoms with E-state index in [2.05, 4.69) is 24.2 Å². The van der Waals surface area contributed by atoms with Crippen molar-refractivity contribution in [3.8, 4) is 5.75 Å². The number of nitrogens with zero attached hydrogens (tertiary/aromatic N) is 1. The van der Waals surface area contributed by atoms with Gasteiger partial charge in [0.2, 0.25) is 0 Å². The summed E-state index contributed by atoms with van der Waals surface area (Å²) in [7, 11) is 0. The minimum Gasteiger partial charge on any atom is -0.490 e. The number of rotatable bonds is 1. The van der Waals surface area contributed by atoms with Crippen molar-refractivity contribution in [2.45, 2.75) is 24.3 Å². The molecule has 0 aromatic carbocycles. The summed E-state index contributed by atoms with van der Waals surface area (Å²) in [6, 6.07) is 1.29. The molecule has 19 heavy (non-hydrogen) atoms. The third-order valence-electron chi connectivity index (χ3n) is 3.00. The van der Waals surface area contributed by atoms with Gasteiger partial charge >= 0.3 is 6.18 Å². The monoisotopic (exact) mass is 309 g/mol. The standard InChI is InChI=1S/C12H11ClF3NOS/c1-6(12(14,15)16)8-5-7-9(10(13)17-8)18-4-3-11(7,2)19/h5,19H,1,3-4H2,2H3. The van der Waals surface area contributed by atoms with Crippen LogP contribution in [0.2, 0.25) is 5.15 Å². The Morgan fingerprint density at radius 3 is 2.79 bits per heavy atom. The van der Waals surface area contributed by atoms with Crippen molar-refractivity contribution in [3.63, 3.8) is 0 Å². The zero-order valence-electron chi connectivity index (χ0n) is 10.0. The van der Waals surface area contributed by atoms with Crippen LogP contribution in [-0.4, -0.2) is 17.8 Å². The van der Waals surface area contributed by atoms with Crippen LogP contribution in [0, 0.1) is 0 Å². The number of thiol groups is 1. The quantitative estimate of drug-likeness (QED) is 0.619. The fourth-order valence-electron chi connectivity index (χ4n) is 1.83. The van der Waals surface area contributed by atoms with Crippen molar-refractivity contribution in [2.75, 3.05) is 6.61 Å². The molecular formula is C12H11ClF3NOS. The lowest BCUT2D eigenvalue weighted by Crippen LogP contribution is -2.25. The molecule has 104 valence electrons. The Labute approximate surface area is 119 Å². The van der Waals surface area contributed by atoms with Crippen LogP contribution < -0.4 is 4.74 Å². The molecule has 0 saturated heterocycles. The van der Waals surface area contributed by atoms with E-state index < -0.39 is 16.5 Å². The molecule has 0 spiro atoms. The third kappa shape index (κ3) is 2.69. The lowest BCUT2D eigenvalue weighted by Gasteiger charge is -2.32. The highest BCUT2D eigenvalue weighted by Gasteiger charge is 2.37. The van der Waals surface area contributed by atoms with Crippen LogP contribution in [-0.2, 0) is 4.75 Å². The van der Waals surface area contributed by atoms with Gasteiger partial charge in [-0.15, -0.1) is 0 Å². The molecule has 2 heterocycles. The Morgan fingerprint density at radius 1 is 1.58 bits per heavy atom. The summed E-state index contributed by atoms with van der Waals surface area (Å²) >= 11 is 10.3. The highest BCUT2D eigenvalue weighted by molar-refractivity contribution is 7.81. The molecule has 0 radical (unpaired) electrons. The van der Waals surface area contributed by atoms with Gasteiger partial charge in [-0.25, -0.2) is 4.98 Å². The van der Waals surface area contributed by atoms with Gasteiger partial charge in [-0.2, -0.15) is 25.8 Å². The minimum atomic E-state index is -4.55. The second-order valence-electron chi connectivity index (χ2n) is 4.52. The largest absolute Gasteiger partial charge is 0.490 e. The summed E-state index contributed by atoms with van der Waals surface area (Å²) in [4.78, 5) is 3.71. The maximum Gasteiger partial charge on any atom is 0.417 e. The van der Waals surface area contributed by atoms with E-state index in [-0.39, 0.29) is 10.8 Å². The molecule has 0 fully saturated rings. The molecule has 0 amide bonds. The van der Waals surface area contributed by atoms with Crippen LogP contribution in [0.1, 0.15) is 24.6 Å². The number of hydrogen-bond donors (Lipinski definition) is 1. The van der Waals surface area contributed by atoms with Gasteiger partial charge in [0.1, 0.15) is 0 Å². The fourth-order valence-corrected chi connectivity index (χ4v) is 2.33. The Bertz CT molecular complexity index is 543. The van der Waals surface area contributed by atoms with E-state index in [9.17, 15) is 13.2 Å². The molecule has 1 unspecified atom stereocenters. The number of hydrogen-bond acceptors (Lipinski definition) is 3. The van der Waals surface area contributed by atoms with E-state index in [4.69, 9.17) is 16.3 Å². The van der Waals surface area contributed by atoms with Gasteiger partial charge in [0.15, 0.2) is 10.9 Å². The Morgan fingerprint density at radius 2 is 2.21 bits per heavy atom. The SMILES string of the molecule is C=C(c1cc2c(c(Cl)n1)OCCC2(C)S)C(F)(F)F. The van der Waals surface area contributed by atoms with E-state index in [0.29, 0.717) is 24.3 Å². The molecule has 7 heteroatoms. The van der Waals surface area contributed by atoms with E-state index in [0.717, 1.165) is 0 Å². The number of pyridine rings is 1. The van der Waals surface area contributed by atoms with Gasteiger partial charge in [-0.3, -0.25) is 0 Å². The first-order valence-corrected chi connectivity index (χ1v) is 6.28. The normalized spacial score (nSPS) is 22.6. The van der Waals surface area contributed by atoms with E-state index in [1.165, 1.54) is 6.07 Å². The number of allylic oxidation sites excluding steroid dienone is 1. The number of alkyl halides is 3. The molecular weight excluding hydrogens is 299 g/mol. The lowest BCUT2D eigenvalue weighted by molar-refractivity contribution is -0.0689. The number of ether oxygens (including phenoxy) is 1. The molecule has 1 aliphatic rings. The molecule has 0 aliphatic carbocycles. The Hall–Kier alpha value is -0.880. The summed E-state index contributed by atoms with van der Waals surface area (Å²) in [5.74, 6) is 0.296. The van der Waals surface area contributed by atoms with Crippen molar-refractivity contribution >= 4 is 29.8 Å². The van der Waals surface area contributed by atoms with Gasteiger partial charge in [0.05, 0.1) is 17.9 Å². The van der Waals surface area contributed by atoms with E-state index in [1.54, 1.807) is 6.92 Å². The average molecular weight is 310 g/mol. The van der Waals surface area contributed by atoms with Crippen LogP contribution >= 0.6 is 24.2 Å². The van der Waals surface area contributed by atoms with Crippen molar-refractivity contribution < 1.29 is 17.9 Å². The zero-order chi connectivity index (χ0) is 14.4. The second-order valence-corrected chi connectivity index (χ2v) is 5.87. The Balaban J connectivity index is 2.57. The van der Waals surface area contributed by atoms with Gasteiger partial charge < -0.3 is 4.74 Å². The van der Waals surface area contributed by atoms with E-state index in [1.807, 2.05) is 0 Å². The van der Waals surface area contributed by atoms with Gasteiger partial charge in [-0.1, -0.05) is 18.2 Å². The molecule has 0 saturated carbocycles. The number of aromatic nitrogens is 1. The molecule has 2 nitrogen and oxygen atoms in total. The molecule has 2 rings (SSSR count). The number of fused-ring (bicyclic) bond motifs is 1. The molecule has 1 aromatic rings. The summed E-state index contributed by atoms with van der Waals surface area (Å²) in [5, 5.41) is -0.0992. The van der Waals surface area contributed by atoms with Crippen molar-refractivity contribution in [1.29, 1.82) is 0 Å². The lowest BCUT2D eigenvalue weighted by atomic mass is 9.93. The molecule has 1 atom stereocenters. The predicted molar refractivity (Wildman–Crippen MR) is 70.8 cm³/mol. The highest BCUT2D eigenvalue weighted by Crippen LogP contribution is 2.45. The summed E-state index contributed by atoms with van der Waals surface area (Å²) in [6.07, 6.45) is -3.98. The van der Waals surface area contributed by atoms with Crippen LogP contribution in [0.25, 0.3) is 5.57 Å². The average Bonchev–Trinajstić information content (AvgIpc) is 2.27. The topological polar surface area (TPSA) is 22.1 Å². The summed E-state index contributed by atoms with van der Waals surface area (Å²) in [5.41, 5.74) is -0.837. The van der Waals surface area contributed by atoms with Crippen molar-refractivity contribution in [2.24, 2.45) is 0 Å². The maximum absolute atomic E-state index is 12.7. The van der Waals surface area contributed by atoms with Crippen molar-refractivity contribution in [1.82, 2.24) is 4.98 Å². The fraction of sp³-hybridized carbons (Fsp3) is 0.417. The number of halogens is 4. The van der Waals surface area contributed by atoms with Crippen molar-refractivity contribution in [3.05, 3.63) is 29.1 Å². The second kappa shape index (κ2) is 4.59. The zero-order valence-corrected chi connectivity index (χ0v) is 11.7. The maximum atomic E-state index is 12.7. The summed E-state index contributed by atoms with van der Waals surface area (Å²) in [6.45, 7) is 5.22. The first-order valence-electron chi connectivity index (χ1n) is 5.45. The van der Waals surface area contributed by atoms with Crippen LogP contribution in [0.5, 0.6) is 5.75 Å². The first kappa shape index (κ1) is 14.5.